The van der Waals surface area contributed by atoms with Gasteiger partial charge in [0.1, 0.15) is 0 Å². The summed E-state index contributed by atoms with van der Waals surface area (Å²) in [6.07, 6.45) is 2.37. The first-order chi connectivity index (χ1) is 12.6. The van der Waals surface area contributed by atoms with Crippen molar-refractivity contribution < 1.29 is 14.0 Å². The second-order valence-electron chi connectivity index (χ2n) is 6.26. The van der Waals surface area contributed by atoms with Gasteiger partial charge in [0.15, 0.2) is 10.4 Å². The lowest BCUT2D eigenvalue weighted by atomic mass is 10.1. The normalized spacial score (nSPS) is 15.6. The van der Waals surface area contributed by atoms with Gasteiger partial charge in [-0.1, -0.05) is 30.3 Å². The summed E-state index contributed by atoms with van der Waals surface area (Å²) in [5.41, 5.74) is 1.19. The minimum Gasteiger partial charge on any atom is -0.444 e. The van der Waals surface area contributed by atoms with Crippen LogP contribution in [-0.4, -0.2) is 42.9 Å². The molecule has 1 aromatic carbocycles. The van der Waals surface area contributed by atoms with Crippen LogP contribution >= 0.6 is 15.9 Å². The van der Waals surface area contributed by atoms with E-state index in [0.29, 0.717) is 11.2 Å². The van der Waals surface area contributed by atoms with Gasteiger partial charge in [-0.05, 0) is 59.6 Å². The number of carbonyl (C=O) groups excluding carboxylic acids is 2. The molecule has 0 bridgehead atoms. The zero-order valence-corrected chi connectivity index (χ0v) is 16.0. The van der Waals surface area contributed by atoms with Crippen LogP contribution < -0.4 is 10.6 Å². The molecule has 2 N–H and O–H groups in total. The summed E-state index contributed by atoms with van der Waals surface area (Å²) in [7, 11) is 0. The zero-order valence-electron chi connectivity index (χ0n) is 14.4. The Morgan fingerprint density at radius 2 is 1.81 bits per heavy atom. The van der Waals surface area contributed by atoms with Crippen molar-refractivity contribution in [1.82, 2.24) is 15.5 Å². The molecule has 2 amide bonds. The van der Waals surface area contributed by atoms with Crippen molar-refractivity contribution in [2.45, 2.75) is 18.9 Å². The molecule has 1 unspecified atom stereocenters. The second-order valence-corrected chi connectivity index (χ2v) is 7.04. The summed E-state index contributed by atoms with van der Waals surface area (Å²) in [6.45, 7) is 2.52. The molecule has 2 heterocycles. The van der Waals surface area contributed by atoms with Gasteiger partial charge in [0.2, 0.25) is 5.91 Å². The van der Waals surface area contributed by atoms with Crippen molar-refractivity contribution in [3.05, 3.63) is 58.5 Å². The molecule has 0 saturated carbocycles. The molecule has 26 heavy (non-hydrogen) atoms. The highest BCUT2D eigenvalue weighted by atomic mass is 79.9. The third kappa shape index (κ3) is 4.95. The maximum Gasteiger partial charge on any atom is 0.287 e. The van der Waals surface area contributed by atoms with Crippen LogP contribution in [0.4, 0.5) is 0 Å². The number of benzene rings is 1. The minimum atomic E-state index is -0.412. The molecule has 3 rings (SSSR count). The fourth-order valence-electron chi connectivity index (χ4n) is 3.14. The van der Waals surface area contributed by atoms with E-state index < -0.39 is 5.91 Å². The molecule has 1 saturated heterocycles. The molecule has 1 atom stereocenters. The molecule has 1 fully saturated rings. The first-order valence-corrected chi connectivity index (χ1v) is 9.52. The number of likely N-dealkylation sites (tertiary alicyclic amines) is 1. The third-order valence-corrected chi connectivity index (χ3v) is 4.89. The van der Waals surface area contributed by atoms with Crippen molar-refractivity contribution in [1.29, 1.82) is 0 Å². The second kappa shape index (κ2) is 9.00. The lowest BCUT2D eigenvalue weighted by Gasteiger charge is -2.28. The Morgan fingerprint density at radius 1 is 1.08 bits per heavy atom. The molecule has 6 nitrogen and oxygen atoms in total. The van der Waals surface area contributed by atoms with Gasteiger partial charge < -0.3 is 15.1 Å². The van der Waals surface area contributed by atoms with Gasteiger partial charge in [0.25, 0.3) is 5.91 Å². The third-order valence-electron chi connectivity index (χ3n) is 4.46. The molecule has 0 spiro atoms. The number of hydrogen-bond donors (Lipinski definition) is 2. The van der Waals surface area contributed by atoms with E-state index >= 15 is 0 Å². The number of halogens is 1. The van der Waals surface area contributed by atoms with Gasteiger partial charge in [-0.2, -0.15) is 0 Å². The first-order valence-electron chi connectivity index (χ1n) is 8.73. The summed E-state index contributed by atoms with van der Waals surface area (Å²) in [4.78, 5) is 26.5. The number of nitrogens with zero attached hydrogens (tertiary/aromatic N) is 1. The predicted octanol–water partition coefficient (Wildman–Crippen LogP) is 2.73. The van der Waals surface area contributed by atoms with Crippen molar-refractivity contribution in [3.8, 4) is 0 Å². The number of carbonyl (C=O) groups is 2. The SMILES string of the molecule is O=C(CNC(=O)c1ccc(Br)o1)NCC(c1ccccc1)N1CCCC1. The maximum atomic E-state index is 12.2. The van der Waals surface area contributed by atoms with Crippen LogP contribution in [0.1, 0.15) is 35.0 Å². The quantitative estimate of drug-likeness (QED) is 0.723. The first kappa shape index (κ1) is 18.7. The smallest absolute Gasteiger partial charge is 0.287 e. The van der Waals surface area contributed by atoms with E-state index in [2.05, 4.69) is 43.6 Å². The van der Waals surface area contributed by atoms with E-state index in [1.54, 1.807) is 12.1 Å². The molecule has 1 aliphatic rings. The molecule has 2 aromatic rings. The van der Waals surface area contributed by atoms with Crippen LogP contribution in [0.3, 0.4) is 0 Å². The summed E-state index contributed by atoms with van der Waals surface area (Å²) in [5, 5.41) is 5.50. The van der Waals surface area contributed by atoms with Crippen LogP contribution in [0.15, 0.2) is 51.6 Å². The van der Waals surface area contributed by atoms with E-state index in [4.69, 9.17) is 4.42 Å². The summed E-state index contributed by atoms with van der Waals surface area (Å²) in [5.74, 6) is -0.460. The van der Waals surface area contributed by atoms with Gasteiger partial charge in [-0.15, -0.1) is 0 Å². The molecule has 7 heteroatoms. The summed E-state index contributed by atoms with van der Waals surface area (Å²) >= 11 is 3.15. The Kier molecular flexibility index (Phi) is 6.46. The molecular formula is C19H22BrN3O3. The average molecular weight is 420 g/mol. The predicted molar refractivity (Wildman–Crippen MR) is 102 cm³/mol. The van der Waals surface area contributed by atoms with Crippen LogP contribution in [0.25, 0.3) is 0 Å². The number of amides is 2. The number of furan rings is 1. The average Bonchev–Trinajstić information content (AvgIpc) is 3.33. The summed E-state index contributed by atoms with van der Waals surface area (Å²) < 4.78 is 5.64. The fraction of sp³-hybridized carbons (Fsp3) is 0.368. The molecule has 1 aliphatic heterocycles. The van der Waals surface area contributed by atoms with E-state index in [0.717, 1.165) is 13.1 Å². The Bertz CT molecular complexity index is 741. The van der Waals surface area contributed by atoms with Crippen molar-refractivity contribution in [3.63, 3.8) is 0 Å². The van der Waals surface area contributed by atoms with E-state index in [-0.39, 0.29) is 24.3 Å². The van der Waals surface area contributed by atoms with Crippen LogP contribution in [0.5, 0.6) is 0 Å². The number of nitrogens with one attached hydrogen (secondary N) is 2. The standard InChI is InChI=1S/C19H22BrN3O3/c20-17-9-8-16(26-17)19(25)22-13-18(24)21-12-15(23-10-4-5-11-23)14-6-2-1-3-7-14/h1-3,6-9,15H,4-5,10-13H2,(H,21,24)(H,22,25). The van der Waals surface area contributed by atoms with Gasteiger partial charge in [0.05, 0.1) is 12.6 Å². The number of hydrogen-bond acceptors (Lipinski definition) is 4. The zero-order chi connectivity index (χ0) is 18.4. The molecular weight excluding hydrogens is 398 g/mol. The monoisotopic (exact) mass is 419 g/mol. The van der Waals surface area contributed by atoms with Gasteiger partial charge in [-0.3, -0.25) is 14.5 Å². The Labute approximate surface area is 161 Å². The Balaban J connectivity index is 1.51. The largest absolute Gasteiger partial charge is 0.444 e. The lowest BCUT2D eigenvalue weighted by Crippen LogP contribution is -2.41. The van der Waals surface area contributed by atoms with E-state index in [1.807, 2.05) is 18.2 Å². The van der Waals surface area contributed by atoms with Crippen LogP contribution in [-0.2, 0) is 4.79 Å². The molecule has 1 aromatic heterocycles. The highest BCUT2D eigenvalue weighted by molar-refractivity contribution is 9.10. The van der Waals surface area contributed by atoms with E-state index in [1.165, 1.54) is 18.4 Å². The minimum absolute atomic E-state index is 0.0847. The van der Waals surface area contributed by atoms with Gasteiger partial charge in [0, 0.05) is 6.54 Å². The molecule has 138 valence electrons. The van der Waals surface area contributed by atoms with Gasteiger partial charge in [-0.25, -0.2) is 0 Å². The van der Waals surface area contributed by atoms with Crippen molar-refractivity contribution >= 4 is 27.7 Å². The fourth-order valence-corrected chi connectivity index (χ4v) is 3.45. The van der Waals surface area contributed by atoms with Gasteiger partial charge >= 0.3 is 0 Å². The topological polar surface area (TPSA) is 74.6 Å². The van der Waals surface area contributed by atoms with Crippen molar-refractivity contribution in [2.75, 3.05) is 26.2 Å². The highest BCUT2D eigenvalue weighted by Gasteiger charge is 2.23. The van der Waals surface area contributed by atoms with Crippen LogP contribution in [0.2, 0.25) is 0 Å². The summed E-state index contributed by atoms with van der Waals surface area (Å²) in [6, 6.07) is 13.5. The number of rotatable bonds is 7. The maximum absolute atomic E-state index is 12.2. The van der Waals surface area contributed by atoms with E-state index in [9.17, 15) is 9.59 Å². The highest BCUT2D eigenvalue weighted by Crippen LogP contribution is 2.24. The molecule has 0 aliphatic carbocycles. The Hall–Kier alpha value is -2.12. The van der Waals surface area contributed by atoms with Crippen LogP contribution in [0, 0.1) is 0 Å². The Morgan fingerprint density at radius 3 is 2.46 bits per heavy atom. The van der Waals surface area contributed by atoms with Crippen molar-refractivity contribution in [2.24, 2.45) is 0 Å². The lowest BCUT2D eigenvalue weighted by molar-refractivity contribution is -0.120. The molecule has 0 radical (unpaired) electrons.